The van der Waals surface area contributed by atoms with Gasteiger partial charge in [0, 0.05) is 13.1 Å². The molecule has 2 aromatic rings. The van der Waals surface area contributed by atoms with Crippen molar-refractivity contribution in [2.45, 2.75) is 6.92 Å². The van der Waals surface area contributed by atoms with Gasteiger partial charge in [-0.3, -0.25) is 4.79 Å². The van der Waals surface area contributed by atoms with Crippen molar-refractivity contribution in [2.75, 3.05) is 31.2 Å². The van der Waals surface area contributed by atoms with E-state index in [1.165, 1.54) is 18.3 Å². The molecule has 1 aliphatic heterocycles. The molecule has 0 amide bonds. The molecule has 0 aliphatic carbocycles. The first-order valence-corrected chi connectivity index (χ1v) is 6.86. The van der Waals surface area contributed by atoms with Crippen molar-refractivity contribution >= 4 is 27.4 Å². The van der Waals surface area contributed by atoms with Crippen molar-refractivity contribution < 1.29 is 14.6 Å². The van der Waals surface area contributed by atoms with E-state index in [0.29, 0.717) is 36.4 Å². The Bertz CT molecular complexity index is 732. The highest BCUT2D eigenvalue weighted by Gasteiger charge is 2.21. The number of carboxylic acid groups (broad SMARTS) is 1. The molecule has 0 saturated carbocycles. The minimum absolute atomic E-state index is 0.208. The molecule has 0 bridgehead atoms. The summed E-state index contributed by atoms with van der Waals surface area (Å²) in [7, 11) is 0. The van der Waals surface area contributed by atoms with E-state index >= 15 is 0 Å². The van der Waals surface area contributed by atoms with Crippen LogP contribution in [-0.2, 0) is 4.74 Å². The van der Waals surface area contributed by atoms with E-state index in [-0.39, 0.29) is 11.3 Å². The van der Waals surface area contributed by atoms with E-state index < -0.39 is 11.5 Å². The molecule has 20 heavy (non-hydrogen) atoms. The molecule has 3 rings (SSSR count). The van der Waals surface area contributed by atoms with Crippen LogP contribution in [0.15, 0.2) is 4.79 Å². The van der Waals surface area contributed by atoms with Crippen molar-refractivity contribution in [2.24, 2.45) is 0 Å². The van der Waals surface area contributed by atoms with E-state index in [4.69, 9.17) is 9.84 Å². The topological polar surface area (TPSA) is 97.0 Å². The minimum atomic E-state index is -1.28. The number of aromatic carboxylic acids is 1. The maximum Gasteiger partial charge on any atom is 0.343 e. The molecule has 1 saturated heterocycles. The highest BCUT2D eigenvalue weighted by Crippen LogP contribution is 2.22. The highest BCUT2D eigenvalue weighted by molar-refractivity contribution is 7.20. The van der Waals surface area contributed by atoms with Crippen molar-refractivity contribution in [3.8, 4) is 0 Å². The lowest BCUT2D eigenvalue weighted by molar-refractivity contribution is 0.0693. The van der Waals surface area contributed by atoms with E-state index in [0.717, 1.165) is 4.52 Å². The number of morpholine rings is 1. The van der Waals surface area contributed by atoms with Gasteiger partial charge >= 0.3 is 5.97 Å². The number of fused-ring (bicyclic) bond motifs is 1. The Balaban J connectivity index is 2.13. The Morgan fingerprint density at radius 1 is 1.40 bits per heavy atom. The van der Waals surface area contributed by atoms with Gasteiger partial charge in [-0.25, -0.2) is 9.78 Å². The average molecular weight is 296 g/mol. The second-order valence-electron chi connectivity index (χ2n) is 4.36. The third-order valence-electron chi connectivity index (χ3n) is 3.08. The van der Waals surface area contributed by atoms with Crippen LogP contribution in [-0.4, -0.2) is 52.0 Å². The number of ether oxygens (including phenoxy) is 1. The van der Waals surface area contributed by atoms with Crippen molar-refractivity contribution in [1.29, 1.82) is 0 Å². The van der Waals surface area contributed by atoms with Gasteiger partial charge in [0.15, 0.2) is 0 Å². The molecule has 0 aromatic carbocycles. The fourth-order valence-corrected chi connectivity index (χ4v) is 3.05. The summed E-state index contributed by atoms with van der Waals surface area (Å²) in [5, 5.41) is 13.9. The molecular weight excluding hydrogens is 284 g/mol. The van der Waals surface area contributed by atoms with E-state index in [1.807, 2.05) is 4.90 Å². The highest BCUT2D eigenvalue weighted by atomic mass is 32.1. The van der Waals surface area contributed by atoms with E-state index in [2.05, 4.69) is 10.1 Å². The van der Waals surface area contributed by atoms with Crippen LogP contribution in [0.2, 0.25) is 0 Å². The van der Waals surface area contributed by atoms with Crippen molar-refractivity contribution in [1.82, 2.24) is 14.6 Å². The summed E-state index contributed by atoms with van der Waals surface area (Å²) >= 11 is 1.27. The summed E-state index contributed by atoms with van der Waals surface area (Å²) in [6.45, 7) is 4.12. The van der Waals surface area contributed by atoms with Gasteiger partial charge < -0.3 is 14.7 Å². The predicted molar refractivity (Wildman–Crippen MR) is 71.9 cm³/mol. The number of hydrogen-bond acceptors (Lipinski definition) is 7. The average Bonchev–Trinajstić information content (AvgIpc) is 2.83. The molecular formula is C11H12N4O4S. The van der Waals surface area contributed by atoms with E-state index in [9.17, 15) is 9.59 Å². The molecule has 0 unspecified atom stereocenters. The Hall–Kier alpha value is -2.00. The maximum absolute atomic E-state index is 12.1. The monoisotopic (exact) mass is 296 g/mol. The lowest BCUT2D eigenvalue weighted by Crippen LogP contribution is -2.36. The van der Waals surface area contributed by atoms with Crippen molar-refractivity contribution in [3.63, 3.8) is 0 Å². The first kappa shape index (κ1) is 13.0. The third kappa shape index (κ3) is 2.04. The lowest BCUT2D eigenvalue weighted by Gasteiger charge is -2.25. The molecule has 0 radical (unpaired) electrons. The van der Waals surface area contributed by atoms with Crippen LogP contribution in [0.3, 0.4) is 0 Å². The number of hydrogen-bond donors (Lipinski definition) is 1. The molecule has 106 valence electrons. The Morgan fingerprint density at radius 2 is 2.10 bits per heavy atom. The lowest BCUT2D eigenvalue weighted by atomic mass is 10.2. The zero-order valence-electron chi connectivity index (χ0n) is 10.7. The number of aromatic nitrogens is 3. The van der Waals surface area contributed by atoms with Gasteiger partial charge in [-0.15, -0.1) is 5.10 Å². The number of carboxylic acids is 1. The molecule has 3 heterocycles. The fourth-order valence-electron chi connectivity index (χ4n) is 2.06. The van der Waals surface area contributed by atoms with Crippen LogP contribution in [0.1, 0.15) is 16.1 Å². The molecule has 9 heteroatoms. The normalized spacial score (nSPS) is 15.8. The molecule has 8 nitrogen and oxygen atoms in total. The van der Waals surface area contributed by atoms with E-state index in [1.54, 1.807) is 0 Å². The van der Waals surface area contributed by atoms with Gasteiger partial charge in [0.1, 0.15) is 5.56 Å². The number of carbonyl (C=O) groups is 1. The minimum Gasteiger partial charge on any atom is -0.477 e. The number of aryl methyl sites for hydroxylation is 1. The molecule has 2 aromatic heterocycles. The second-order valence-corrected chi connectivity index (χ2v) is 5.30. The zero-order valence-corrected chi connectivity index (χ0v) is 11.5. The summed E-state index contributed by atoms with van der Waals surface area (Å²) in [6.07, 6.45) is 0. The number of anilines is 1. The fraction of sp³-hybridized carbons (Fsp3) is 0.455. The summed E-state index contributed by atoms with van der Waals surface area (Å²) in [5.74, 6) is -1.28. The molecule has 1 fully saturated rings. The molecule has 0 spiro atoms. The standard InChI is InChI=1S/C11H12N4O4S/c1-6-7(9(17)18)8(16)15-10(12-6)20-11(13-15)14-2-4-19-5-3-14/h2-5H2,1H3,(H,17,18). The van der Waals surface area contributed by atoms with Gasteiger partial charge in [-0.05, 0) is 6.92 Å². The summed E-state index contributed by atoms with van der Waals surface area (Å²) < 4.78 is 6.32. The first-order chi connectivity index (χ1) is 9.58. The number of rotatable bonds is 2. The second kappa shape index (κ2) is 4.84. The van der Waals surface area contributed by atoms with Gasteiger partial charge in [0.2, 0.25) is 10.1 Å². The van der Waals surface area contributed by atoms with Gasteiger partial charge in [-0.2, -0.15) is 4.52 Å². The summed E-state index contributed by atoms with van der Waals surface area (Å²) in [4.78, 5) is 29.8. The quantitative estimate of drug-likeness (QED) is 0.832. The maximum atomic E-state index is 12.1. The van der Waals surface area contributed by atoms with Gasteiger partial charge in [0.05, 0.1) is 18.9 Å². The van der Waals surface area contributed by atoms with Crippen LogP contribution in [0.5, 0.6) is 0 Å². The van der Waals surface area contributed by atoms with Gasteiger partial charge in [-0.1, -0.05) is 11.3 Å². The Labute approximate surface area is 117 Å². The zero-order chi connectivity index (χ0) is 14.3. The summed E-state index contributed by atoms with van der Waals surface area (Å²) in [5.41, 5.74) is -0.767. The third-order valence-corrected chi connectivity index (χ3v) is 4.05. The van der Waals surface area contributed by atoms with Crippen LogP contribution < -0.4 is 10.5 Å². The SMILES string of the molecule is Cc1nc2sc(N3CCOCC3)nn2c(=O)c1C(=O)O. The summed E-state index contributed by atoms with van der Waals surface area (Å²) in [6, 6.07) is 0. The van der Waals surface area contributed by atoms with Crippen LogP contribution in [0.25, 0.3) is 4.96 Å². The molecule has 1 N–H and O–H groups in total. The first-order valence-electron chi connectivity index (χ1n) is 6.04. The van der Waals surface area contributed by atoms with Crippen molar-refractivity contribution in [3.05, 3.63) is 21.6 Å². The molecule has 0 atom stereocenters. The van der Waals surface area contributed by atoms with Crippen LogP contribution >= 0.6 is 11.3 Å². The number of nitrogens with zero attached hydrogens (tertiary/aromatic N) is 4. The predicted octanol–water partition coefficient (Wildman–Crippen LogP) is -0.00578. The Morgan fingerprint density at radius 3 is 2.75 bits per heavy atom. The Kier molecular flexibility index (Phi) is 3.14. The van der Waals surface area contributed by atoms with Crippen LogP contribution in [0.4, 0.5) is 5.13 Å². The largest absolute Gasteiger partial charge is 0.477 e. The smallest absolute Gasteiger partial charge is 0.343 e. The van der Waals surface area contributed by atoms with Gasteiger partial charge in [0.25, 0.3) is 5.56 Å². The van der Waals surface area contributed by atoms with Crippen LogP contribution in [0, 0.1) is 6.92 Å². The molecule has 1 aliphatic rings.